The van der Waals surface area contributed by atoms with Gasteiger partial charge in [0, 0.05) is 17.0 Å². The number of ether oxygens (including phenoxy) is 1. The van der Waals surface area contributed by atoms with E-state index in [2.05, 4.69) is 5.10 Å². The topological polar surface area (TPSA) is 64.4 Å². The predicted molar refractivity (Wildman–Crippen MR) is 78.4 cm³/mol. The quantitative estimate of drug-likeness (QED) is 0.947. The highest BCUT2D eigenvalue weighted by Gasteiger charge is 2.21. The molecule has 2 heterocycles. The number of nitrogens with zero attached hydrogens (tertiary/aromatic N) is 2. The predicted octanol–water partition coefficient (Wildman–Crippen LogP) is 2.83. The van der Waals surface area contributed by atoms with Crippen molar-refractivity contribution in [2.45, 2.75) is 26.8 Å². The van der Waals surface area contributed by atoms with Gasteiger partial charge in [-0.2, -0.15) is 5.10 Å². The maximum atomic E-state index is 11.3. The van der Waals surface area contributed by atoms with E-state index in [9.17, 15) is 9.90 Å². The summed E-state index contributed by atoms with van der Waals surface area (Å²) in [4.78, 5) is 11.3. The fourth-order valence-electron chi connectivity index (χ4n) is 2.79. The Balaban J connectivity index is 2.02. The highest BCUT2D eigenvalue weighted by atomic mass is 35.5. The van der Waals surface area contributed by atoms with Crippen LogP contribution in [0.4, 0.5) is 0 Å². The van der Waals surface area contributed by atoms with E-state index in [4.69, 9.17) is 16.3 Å². The highest BCUT2D eigenvalue weighted by Crippen LogP contribution is 2.33. The number of hydrogen-bond acceptors (Lipinski definition) is 3. The van der Waals surface area contributed by atoms with Gasteiger partial charge < -0.3 is 9.84 Å². The first-order valence-corrected chi connectivity index (χ1v) is 7.06. The van der Waals surface area contributed by atoms with Crippen molar-refractivity contribution in [2.75, 3.05) is 6.61 Å². The average Bonchev–Trinajstić information content (AvgIpc) is 2.94. The minimum absolute atomic E-state index is 0.259. The molecule has 0 spiro atoms. The normalized spacial score (nSPS) is 13.1. The van der Waals surface area contributed by atoms with E-state index in [0.717, 1.165) is 23.3 Å². The molecule has 0 unspecified atom stereocenters. The zero-order valence-electron chi connectivity index (χ0n) is 11.8. The molecule has 1 N–H and O–H groups in total. The fraction of sp³-hybridized carbons (Fsp3) is 0.333. The number of carboxylic acid groups (broad SMARTS) is 1. The molecule has 21 heavy (non-hydrogen) atoms. The molecule has 0 bridgehead atoms. The Morgan fingerprint density at radius 1 is 1.48 bits per heavy atom. The molecule has 0 atom stereocenters. The lowest BCUT2D eigenvalue weighted by Crippen LogP contribution is -2.07. The van der Waals surface area contributed by atoms with Crippen LogP contribution < -0.4 is 4.74 Å². The van der Waals surface area contributed by atoms with Crippen LogP contribution in [0.3, 0.4) is 0 Å². The summed E-state index contributed by atoms with van der Waals surface area (Å²) in [5.74, 6) is -0.104. The van der Waals surface area contributed by atoms with Crippen molar-refractivity contribution >= 4 is 17.6 Å². The molecule has 0 saturated heterocycles. The van der Waals surface area contributed by atoms with E-state index in [1.807, 2.05) is 12.1 Å². The summed E-state index contributed by atoms with van der Waals surface area (Å²) >= 11 is 6.14. The average molecular weight is 307 g/mol. The molecule has 1 aromatic heterocycles. The van der Waals surface area contributed by atoms with E-state index < -0.39 is 5.97 Å². The van der Waals surface area contributed by atoms with Crippen LogP contribution in [0, 0.1) is 13.8 Å². The summed E-state index contributed by atoms with van der Waals surface area (Å²) in [6, 6.07) is 3.76. The smallest absolute Gasteiger partial charge is 0.339 e. The second-order valence-electron chi connectivity index (χ2n) is 5.16. The highest BCUT2D eigenvalue weighted by molar-refractivity contribution is 6.30. The van der Waals surface area contributed by atoms with Gasteiger partial charge in [-0.25, -0.2) is 4.79 Å². The molecule has 3 rings (SSSR count). The molecule has 0 aliphatic carbocycles. The molecule has 2 aromatic rings. The molecule has 0 radical (unpaired) electrons. The van der Waals surface area contributed by atoms with Crippen molar-refractivity contribution in [1.82, 2.24) is 9.78 Å². The van der Waals surface area contributed by atoms with Gasteiger partial charge in [0.15, 0.2) is 0 Å². The standard InChI is InChI=1S/C15H15ClN2O3/c1-8-13(15(19)20)9(2)18(17-8)7-11-6-12(16)5-10-3-4-21-14(10)11/h5-6H,3-4,7H2,1-2H3,(H,19,20). The number of halogens is 1. The Morgan fingerprint density at radius 2 is 2.24 bits per heavy atom. The van der Waals surface area contributed by atoms with Crippen LogP contribution in [0.25, 0.3) is 0 Å². The summed E-state index contributed by atoms with van der Waals surface area (Å²) in [7, 11) is 0. The van der Waals surface area contributed by atoms with Crippen LogP contribution in [-0.2, 0) is 13.0 Å². The Kier molecular flexibility index (Phi) is 3.37. The molecular formula is C15H15ClN2O3. The number of carboxylic acids is 1. The molecule has 110 valence electrons. The summed E-state index contributed by atoms with van der Waals surface area (Å²) in [5, 5.41) is 14.2. The summed E-state index contributed by atoms with van der Waals surface area (Å²) < 4.78 is 7.35. The number of aryl methyl sites for hydroxylation is 1. The van der Waals surface area contributed by atoms with Gasteiger partial charge in [0.05, 0.1) is 24.5 Å². The third kappa shape index (κ3) is 2.38. The zero-order chi connectivity index (χ0) is 15.1. The maximum Gasteiger partial charge on any atom is 0.339 e. The molecule has 1 aliphatic heterocycles. The minimum Gasteiger partial charge on any atom is -0.493 e. The van der Waals surface area contributed by atoms with Gasteiger partial charge in [0.2, 0.25) is 0 Å². The Morgan fingerprint density at radius 3 is 2.90 bits per heavy atom. The number of hydrogen-bond donors (Lipinski definition) is 1. The van der Waals surface area contributed by atoms with Crippen molar-refractivity contribution in [1.29, 1.82) is 0 Å². The van der Waals surface area contributed by atoms with Crippen molar-refractivity contribution in [3.63, 3.8) is 0 Å². The molecular weight excluding hydrogens is 292 g/mol. The Labute approximate surface area is 127 Å². The van der Waals surface area contributed by atoms with Crippen LogP contribution in [0.2, 0.25) is 5.02 Å². The van der Waals surface area contributed by atoms with Crippen LogP contribution in [-0.4, -0.2) is 27.5 Å². The van der Waals surface area contributed by atoms with E-state index in [1.54, 1.807) is 18.5 Å². The van der Waals surface area contributed by atoms with Crippen LogP contribution in [0.15, 0.2) is 12.1 Å². The molecule has 0 saturated carbocycles. The van der Waals surface area contributed by atoms with E-state index in [-0.39, 0.29) is 5.56 Å². The van der Waals surface area contributed by atoms with Crippen LogP contribution in [0.1, 0.15) is 32.9 Å². The number of carbonyl (C=O) groups is 1. The summed E-state index contributed by atoms with van der Waals surface area (Å²) in [6.07, 6.45) is 0.848. The van der Waals surface area contributed by atoms with Gasteiger partial charge in [-0.15, -0.1) is 0 Å². The molecule has 1 aromatic carbocycles. The molecule has 0 fully saturated rings. The first-order valence-electron chi connectivity index (χ1n) is 6.68. The van der Waals surface area contributed by atoms with E-state index >= 15 is 0 Å². The minimum atomic E-state index is -0.955. The molecule has 6 heteroatoms. The maximum absolute atomic E-state index is 11.3. The van der Waals surface area contributed by atoms with Crippen molar-refractivity contribution in [2.24, 2.45) is 0 Å². The first-order chi connectivity index (χ1) is 9.97. The van der Waals surface area contributed by atoms with Gasteiger partial charge in [-0.1, -0.05) is 11.6 Å². The first kappa shape index (κ1) is 13.9. The SMILES string of the molecule is Cc1nn(Cc2cc(Cl)cc3c2OCC3)c(C)c1C(=O)O. The van der Waals surface area contributed by atoms with Gasteiger partial charge in [0.1, 0.15) is 11.3 Å². The molecule has 0 amide bonds. The van der Waals surface area contributed by atoms with E-state index in [1.165, 1.54) is 0 Å². The zero-order valence-corrected chi connectivity index (χ0v) is 12.6. The van der Waals surface area contributed by atoms with Gasteiger partial charge in [-0.3, -0.25) is 4.68 Å². The number of benzene rings is 1. The number of aromatic nitrogens is 2. The Hall–Kier alpha value is -2.01. The monoisotopic (exact) mass is 306 g/mol. The van der Waals surface area contributed by atoms with Gasteiger partial charge in [0.25, 0.3) is 0 Å². The van der Waals surface area contributed by atoms with Crippen LogP contribution >= 0.6 is 11.6 Å². The third-order valence-corrected chi connectivity index (χ3v) is 3.96. The largest absolute Gasteiger partial charge is 0.493 e. The lowest BCUT2D eigenvalue weighted by Gasteiger charge is -2.10. The van der Waals surface area contributed by atoms with E-state index in [0.29, 0.717) is 29.6 Å². The summed E-state index contributed by atoms with van der Waals surface area (Å²) in [6.45, 7) is 4.56. The lowest BCUT2D eigenvalue weighted by atomic mass is 10.1. The van der Waals surface area contributed by atoms with Gasteiger partial charge in [-0.05, 0) is 31.5 Å². The third-order valence-electron chi connectivity index (χ3n) is 3.74. The molecule has 1 aliphatic rings. The second-order valence-corrected chi connectivity index (χ2v) is 5.60. The number of fused-ring (bicyclic) bond motifs is 1. The van der Waals surface area contributed by atoms with Crippen LogP contribution in [0.5, 0.6) is 5.75 Å². The number of rotatable bonds is 3. The molecule has 5 nitrogen and oxygen atoms in total. The van der Waals surface area contributed by atoms with Crippen molar-refractivity contribution in [3.05, 3.63) is 45.2 Å². The van der Waals surface area contributed by atoms with Crippen molar-refractivity contribution < 1.29 is 14.6 Å². The number of aromatic carboxylic acids is 1. The van der Waals surface area contributed by atoms with Crippen molar-refractivity contribution in [3.8, 4) is 5.75 Å². The lowest BCUT2D eigenvalue weighted by molar-refractivity contribution is 0.0695. The summed E-state index contributed by atoms with van der Waals surface area (Å²) in [5.41, 5.74) is 3.43. The second kappa shape index (κ2) is 5.07. The Bertz CT molecular complexity index is 737. The fourth-order valence-corrected chi connectivity index (χ4v) is 3.05. The van der Waals surface area contributed by atoms with Gasteiger partial charge >= 0.3 is 5.97 Å².